The number of aromatic nitrogens is 7. The summed E-state index contributed by atoms with van der Waals surface area (Å²) in [6.45, 7) is 10.2. The zero-order chi connectivity index (χ0) is 33.1. The molecule has 1 aliphatic heterocycles. The molecule has 1 fully saturated rings. The van der Waals surface area contributed by atoms with Gasteiger partial charge in [0.05, 0.1) is 24.9 Å². The van der Waals surface area contributed by atoms with E-state index in [0.717, 1.165) is 22.8 Å². The van der Waals surface area contributed by atoms with Gasteiger partial charge in [-0.15, -0.1) is 0 Å². The van der Waals surface area contributed by atoms with Crippen molar-refractivity contribution in [3.63, 3.8) is 0 Å². The van der Waals surface area contributed by atoms with E-state index in [0.29, 0.717) is 55.6 Å². The molecule has 0 saturated carbocycles. The number of nitrogens with zero attached hydrogens (tertiary/aromatic N) is 8. The molecule has 5 heterocycles. The fourth-order valence-electron chi connectivity index (χ4n) is 5.47. The summed E-state index contributed by atoms with van der Waals surface area (Å²) in [4.78, 5) is 31.6. The first-order valence-corrected chi connectivity index (χ1v) is 15.7. The van der Waals surface area contributed by atoms with Gasteiger partial charge in [-0.2, -0.15) is 19.8 Å². The Morgan fingerprint density at radius 3 is 2.55 bits per heavy atom. The Balaban J connectivity index is 1.22. The molecular formula is C33H40N10O4. The second kappa shape index (κ2) is 13.7. The van der Waals surface area contributed by atoms with Crippen LogP contribution in [0.4, 0.5) is 5.82 Å². The van der Waals surface area contributed by atoms with Crippen LogP contribution in [0.1, 0.15) is 31.5 Å². The maximum atomic E-state index is 12.3. The Kier molecular flexibility index (Phi) is 9.31. The number of ether oxygens (including phenoxy) is 2. The van der Waals surface area contributed by atoms with E-state index in [1.54, 1.807) is 9.36 Å². The van der Waals surface area contributed by atoms with Crippen molar-refractivity contribution in [2.24, 2.45) is 11.7 Å². The average molecular weight is 641 g/mol. The monoisotopic (exact) mass is 640 g/mol. The van der Waals surface area contributed by atoms with Crippen molar-refractivity contribution >= 4 is 23.3 Å². The SMILES string of the molecule is Cc1cccc(-c2ccn(-c3cc(N4CCOCC4)n4nc(-c5cc(C)n(COC(=O)CNC(=O)C(N)CC(C)C)n5)cc4n3)n2)c1. The molecule has 4 aromatic heterocycles. The van der Waals surface area contributed by atoms with Crippen LogP contribution in [-0.4, -0.2) is 84.9 Å². The van der Waals surface area contributed by atoms with Crippen LogP contribution in [0.5, 0.6) is 0 Å². The van der Waals surface area contributed by atoms with Gasteiger partial charge in [-0.05, 0) is 44.4 Å². The Morgan fingerprint density at radius 1 is 1.00 bits per heavy atom. The number of nitrogens with two attached hydrogens (primary N) is 1. The van der Waals surface area contributed by atoms with Gasteiger partial charge in [0.1, 0.15) is 23.8 Å². The number of morpholine rings is 1. The zero-order valence-corrected chi connectivity index (χ0v) is 27.1. The molecule has 1 aromatic carbocycles. The highest BCUT2D eigenvalue weighted by molar-refractivity contribution is 5.85. The molecular weight excluding hydrogens is 600 g/mol. The highest BCUT2D eigenvalue weighted by Gasteiger charge is 2.21. The van der Waals surface area contributed by atoms with E-state index >= 15 is 0 Å². The first kappa shape index (κ1) is 31.9. The predicted octanol–water partition coefficient (Wildman–Crippen LogP) is 2.89. The summed E-state index contributed by atoms with van der Waals surface area (Å²) < 4.78 is 16.2. The summed E-state index contributed by atoms with van der Waals surface area (Å²) in [7, 11) is 0. The minimum Gasteiger partial charge on any atom is -0.441 e. The lowest BCUT2D eigenvalue weighted by Gasteiger charge is -2.29. The summed E-state index contributed by atoms with van der Waals surface area (Å²) in [5.74, 6) is 0.829. The third-order valence-electron chi connectivity index (χ3n) is 7.93. The van der Waals surface area contributed by atoms with Crippen LogP contribution in [0.3, 0.4) is 0 Å². The molecule has 14 heteroatoms. The summed E-state index contributed by atoms with van der Waals surface area (Å²) in [6, 6.07) is 15.3. The van der Waals surface area contributed by atoms with Crippen LogP contribution in [0, 0.1) is 19.8 Å². The van der Waals surface area contributed by atoms with Gasteiger partial charge in [-0.3, -0.25) is 9.59 Å². The van der Waals surface area contributed by atoms with Crippen LogP contribution in [0.2, 0.25) is 0 Å². The van der Waals surface area contributed by atoms with Gasteiger partial charge in [0.15, 0.2) is 18.2 Å². The quantitative estimate of drug-likeness (QED) is 0.206. The van der Waals surface area contributed by atoms with Gasteiger partial charge in [0.25, 0.3) is 0 Å². The molecule has 0 bridgehead atoms. The molecule has 47 heavy (non-hydrogen) atoms. The molecule has 0 radical (unpaired) electrons. The van der Waals surface area contributed by atoms with Gasteiger partial charge < -0.3 is 25.4 Å². The third kappa shape index (κ3) is 7.34. The Morgan fingerprint density at radius 2 is 1.79 bits per heavy atom. The van der Waals surface area contributed by atoms with E-state index in [1.807, 2.05) is 67.9 Å². The standard InChI is InChI=1S/C33H40N10O4/c1-21(2)14-25(34)33(45)35-19-32(44)47-20-42-23(4)16-27(38-42)28-17-30-36-29(18-31(43(30)39-28)40-10-12-46-13-11-40)41-9-8-26(37-41)24-7-5-6-22(3)15-24/h5-9,15-18,21,25H,10-14,19-20,34H2,1-4H3,(H,35,45). The number of nitrogens with one attached hydrogen (secondary N) is 1. The Hall–Kier alpha value is -5.08. The van der Waals surface area contributed by atoms with Crippen molar-refractivity contribution in [2.45, 2.75) is 46.9 Å². The second-order valence-corrected chi connectivity index (χ2v) is 12.2. The van der Waals surface area contributed by atoms with Crippen LogP contribution < -0.4 is 16.0 Å². The number of rotatable bonds is 11. The first-order chi connectivity index (χ1) is 22.6. The number of esters is 1. The van der Waals surface area contributed by atoms with Crippen molar-refractivity contribution in [3.8, 4) is 28.5 Å². The minimum atomic E-state index is -0.672. The summed E-state index contributed by atoms with van der Waals surface area (Å²) in [5.41, 5.74) is 11.6. The first-order valence-electron chi connectivity index (χ1n) is 15.7. The van der Waals surface area contributed by atoms with E-state index in [-0.39, 0.29) is 25.1 Å². The van der Waals surface area contributed by atoms with E-state index < -0.39 is 12.0 Å². The highest BCUT2D eigenvalue weighted by atomic mass is 16.5. The molecule has 246 valence electrons. The van der Waals surface area contributed by atoms with Gasteiger partial charge in [-0.1, -0.05) is 37.6 Å². The fraction of sp³-hybridized carbons (Fsp3) is 0.394. The highest BCUT2D eigenvalue weighted by Crippen LogP contribution is 2.26. The number of amides is 1. The summed E-state index contributed by atoms with van der Waals surface area (Å²) >= 11 is 0. The number of hydrogen-bond donors (Lipinski definition) is 2. The molecule has 5 aromatic rings. The van der Waals surface area contributed by atoms with Crippen LogP contribution in [0.15, 0.2) is 54.7 Å². The van der Waals surface area contributed by atoms with Gasteiger partial charge >= 0.3 is 5.97 Å². The topological polar surface area (TPSA) is 160 Å². The molecule has 3 N–H and O–H groups in total. The van der Waals surface area contributed by atoms with Crippen molar-refractivity contribution in [1.82, 2.24) is 39.5 Å². The molecule has 1 atom stereocenters. The average Bonchev–Trinajstić information content (AvgIpc) is 3.81. The molecule has 6 rings (SSSR count). The normalized spacial score (nSPS) is 14.1. The van der Waals surface area contributed by atoms with E-state index in [1.165, 1.54) is 5.56 Å². The van der Waals surface area contributed by atoms with E-state index in [4.69, 9.17) is 30.4 Å². The van der Waals surface area contributed by atoms with Gasteiger partial charge in [0.2, 0.25) is 5.91 Å². The molecule has 1 saturated heterocycles. The van der Waals surface area contributed by atoms with Crippen LogP contribution in [-0.2, 0) is 25.8 Å². The molecule has 1 amide bonds. The third-order valence-corrected chi connectivity index (χ3v) is 7.93. The van der Waals surface area contributed by atoms with Crippen molar-refractivity contribution in [1.29, 1.82) is 0 Å². The maximum Gasteiger partial charge on any atom is 0.327 e. The number of benzene rings is 1. The number of aryl methyl sites for hydroxylation is 2. The number of hydrogen-bond acceptors (Lipinski definition) is 10. The Bertz CT molecular complexity index is 1890. The summed E-state index contributed by atoms with van der Waals surface area (Å²) in [6.07, 6.45) is 2.44. The van der Waals surface area contributed by atoms with Gasteiger partial charge in [-0.25, -0.2) is 14.3 Å². The van der Waals surface area contributed by atoms with Gasteiger partial charge in [0, 0.05) is 42.7 Å². The molecule has 0 spiro atoms. The molecule has 1 aliphatic rings. The zero-order valence-electron chi connectivity index (χ0n) is 27.1. The van der Waals surface area contributed by atoms with Crippen LogP contribution >= 0.6 is 0 Å². The Labute approximate surface area is 272 Å². The lowest BCUT2D eigenvalue weighted by molar-refractivity contribution is -0.148. The lowest BCUT2D eigenvalue weighted by atomic mass is 10.0. The smallest absolute Gasteiger partial charge is 0.327 e. The van der Waals surface area contributed by atoms with E-state index in [9.17, 15) is 9.59 Å². The minimum absolute atomic E-state index is 0.115. The molecule has 1 unspecified atom stereocenters. The fourth-order valence-corrected chi connectivity index (χ4v) is 5.47. The van der Waals surface area contributed by atoms with Crippen molar-refractivity contribution < 1.29 is 19.1 Å². The predicted molar refractivity (Wildman–Crippen MR) is 176 cm³/mol. The number of carbonyl (C=O) groups excluding carboxylic acids is 2. The number of anilines is 1. The van der Waals surface area contributed by atoms with Crippen molar-refractivity contribution in [3.05, 3.63) is 66.0 Å². The summed E-state index contributed by atoms with van der Waals surface area (Å²) in [5, 5.41) is 16.9. The van der Waals surface area contributed by atoms with Crippen LogP contribution in [0.25, 0.3) is 34.1 Å². The largest absolute Gasteiger partial charge is 0.441 e. The lowest BCUT2D eigenvalue weighted by Crippen LogP contribution is -2.43. The van der Waals surface area contributed by atoms with E-state index in [2.05, 4.69) is 34.4 Å². The molecule has 14 nitrogen and oxygen atoms in total. The second-order valence-electron chi connectivity index (χ2n) is 12.2. The maximum absolute atomic E-state index is 12.3. The number of carbonyl (C=O) groups is 2. The number of fused-ring (bicyclic) bond motifs is 1. The van der Waals surface area contributed by atoms with Crippen molar-refractivity contribution in [2.75, 3.05) is 37.7 Å². The molecule has 0 aliphatic carbocycles.